The van der Waals surface area contributed by atoms with Crippen LogP contribution in [0.1, 0.15) is 103 Å². The van der Waals surface area contributed by atoms with E-state index in [4.69, 9.17) is 9.47 Å². The molecule has 0 aromatic heterocycles. The molecule has 6 rings (SSSR count). The molecule has 4 aromatic rings. The highest BCUT2D eigenvalue weighted by atomic mass is 32.2. The molecule has 18 nitrogen and oxygen atoms in total. The molecule has 0 saturated carbocycles. The third-order valence-electron chi connectivity index (χ3n) is 12.7. The minimum Gasteiger partial charge on any atom is -0.444 e. The van der Waals surface area contributed by atoms with E-state index < -0.39 is 70.3 Å². The first kappa shape index (κ1) is 57.2. The molecule has 2 unspecified atom stereocenters. The van der Waals surface area contributed by atoms with E-state index in [1.165, 1.54) is 56.0 Å². The van der Waals surface area contributed by atoms with Crippen molar-refractivity contribution in [2.45, 2.75) is 114 Å². The summed E-state index contributed by atoms with van der Waals surface area (Å²) >= 11 is 0.858. The van der Waals surface area contributed by atoms with Gasteiger partial charge in [-0.3, -0.25) is 39.6 Å². The third kappa shape index (κ3) is 13.8. The highest BCUT2D eigenvalue weighted by Gasteiger charge is 2.37. The molecule has 4 amide bonds. The second-order valence-electron chi connectivity index (χ2n) is 21.1. The van der Waals surface area contributed by atoms with Crippen LogP contribution in [0.5, 0.6) is 0 Å². The summed E-state index contributed by atoms with van der Waals surface area (Å²) in [6.07, 6.45) is 4.41. The van der Waals surface area contributed by atoms with Gasteiger partial charge in [0.1, 0.15) is 11.2 Å². The number of carbonyl (C=O) groups excluding carboxylic acids is 4. The number of rotatable bonds is 14. The first-order chi connectivity index (χ1) is 35.3. The Labute approximate surface area is 442 Å². The minimum atomic E-state index is -0.767. The van der Waals surface area contributed by atoms with Crippen LogP contribution in [-0.4, -0.2) is 139 Å². The number of benzene rings is 4. The highest BCUT2D eigenvalue weighted by molar-refractivity contribution is 7.99. The van der Waals surface area contributed by atoms with Crippen LogP contribution in [0.3, 0.4) is 0 Å². The molecule has 0 radical (unpaired) electrons. The van der Waals surface area contributed by atoms with Crippen molar-refractivity contribution in [3.8, 4) is 22.3 Å². The van der Waals surface area contributed by atoms with E-state index >= 15 is 0 Å². The van der Waals surface area contributed by atoms with Crippen molar-refractivity contribution in [2.24, 2.45) is 0 Å². The number of aliphatic hydroxyl groups is 2. The molecule has 2 N–H and O–H groups in total. The van der Waals surface area contributed by atoms with E-state index in [2.05, 4.69) is 0 Å². The average Bonchev–Trinajstić information content (AvgIpc) is 3.35. The fourth-order valence-electron chi connectivity index (χ4n) is 9.20. The summed E-state index contributed by atoms with van der Waals surface area (Å²) in [4.78, 5) is 85.7. The Morgan fingerprint density at radius 1 is 0.613 bits per heavy atom. The first-order valence-corrected chi connectivity index (χ1v) is 25.8. The molecule has 0 spiro atoms. The van der Waals surface area contributed by atoms with Gasteiger partial charge >= 0.3 is 12.2 Å². The largest absolute Gasteiger partial charge is 0.444 e. The summed E-state index contributed by atoms with van der Waals surface area (Å²) in [6.45, 7) is 18.0. The van der Waals surface area contributed by atoms with Crippen molar-refractivity contribution in [2.75, 3.05) is 52.5 Å². The molecule has 400 valence electrons. The summed E-state index contributed by atoms with van der Waals surface area (Å²) in [5, 5.41) is 47.6. The highest BCUT2D eigenvalue weighted by Crippen LogP contribution is 2.50. The molecule has 4 aromatic carbocycles. The molecular formula is C56H68N6O12S. The number of aliphatic hydroxyl groups excluding tert-OH is 2. The van der Waals surface area contributed by atoms with Crippen molar-refractivity contribution in [1.29, 1.82) is 0 Å². The lowest BCUT2D eigenvalue weighted by Crippen LogP contribution is -2.58. The van der Waals surface area contributed by atoms with E-state index in [-0.39, 0.29) is 83.4 Å². The standard InChI is InChI=1S/C56H68N6O12S/c1-35(2)41-15-11-13-17-43(41)49-37(21-25-47(65)57-27-29-59(39(31-57)33-63)53(67)73-55(5,6)7)19-23-45(51(49)61(69)70)75-46-24-20-38(50(52(46)62(71)72)44-18-14-12-16-42(44)36(3)4)22-26-48(66)58-28-30-60(40(32-58)34-64)54(68)74-56(8,9)10/h11-26,35-36,39-40,63-64H,27-34H2,1-10H3/b25-21+,26-22+. The second-order valence-corrected chi connectivity index (χ2v) is 22.2. The average molecular weight is 1050 g/mol. The molecule has 75 heavy (non-hydrogen) atoms. The van der Waals surface area contributed by atoms with E-state index in [0.717, 1.165) is 22.9 Å². The minimum absolute atomic E-state index is 0.0186. The van der Waals surface area contributed by atoms with Gasteiger partial charge in [0.2, 0.25) is 11.8 Å². The smallest absolute Gasteiger partial charge is 0.410 e. The van der Waals surface area contributed by atoms with Gasteiger partial charge in [-0.25, -0.2) is 9.59 Å². The van der Waals surface area contributed by atoms with Gasteiger partial charge in [-0.15, -0.1) is 0 Å². The van der Waals surface area contributed by atoms with E-state index in [1.807, 2.05) is 52.0 Å². The number of nitrogens with zero attached hydrogens (tertiary/aromatic N) is 6. The monoisotopic (exact) mass is 1050 g/mol. The Bertz CT molecular complexity index is 2680. The maximum atomic E-state index is 13.9. The van der Waals surface area contributed by atoms with Crippen molar-refractivity contribution < 1.29 is 48.7 Å². The quantitative estimate of drug-likeness (QED) is 0.0682. The summed E-state index contributed by atoms with van der Waals surface area (Å²) < 4.78 is 11.1. The number of piperazine rings is 2. The fourth-order valence-corrected chi connectivity index (χ4v) is 10.3. The van der Waals surface area contributed by atoms with Crippen LogP contribution in [0.2, 0.25) is 0 Å². The van der Waals surface area contributed by atoms with Crippen LogP contribution in [0.25, 0.3) is 34.4 Å². The number of nitro groups is 2. The fraction of sp³-hybridized carbons (Fsp3) is 0.429. The molecule has 2 saturated heterocycles. The molecule has 2 aliphatic rings. The number of amides is 4. The predicted octanol–water partition coefficient (Wildman–Crippen LogP) is 10.1. The van der Waals surface area contributed by atoms with Gasteiger partial charge in [-0.1, -0.05) is 100 Å². The van der Waals surface area contributed by atoms with Gasteiger partial charge in [0.05, 0.1) is 56.1 Å². The zero-order valence-electron chi connectivity index (χ0n) is 44.3. The number of hydrogen-bond donors (Lipinski definition) is 2. The lowest BCUT2D eigenvalue weighted by Gasteiger charge is -2.40. The molecule has 2 atom stereocenters. The zero-order chi connectivity index (χ0) is 55.1. The maximum absolute atomic E-state index is 13.9. The van der Waals surface area contributed by atoms with Crippen LogP contribution in [0.15, 0.2) is 94.7 Å². The number of hydrogen-bond acceptors (Lipinski definition) is 13. The molecule has 19 heteroatoms. The van der Waals surface area contributed by atoms with Gasteiger partial charge in [0, 0.05) is 51.4 Å². The Kier molecular flexibility index (Phi) is 18.3. The topological polar surface area (TPSA) is 226 Å². The van der Waals surface area contributed by atoms with Crippen molar-refractivity contribution in [3.63, 3.8) is 0 Å². The van der Waals surface area contributed by atoms with Gasteiger partial charge in [-0.2, -0.15) is 0 Å². The molecular weight excluding hydrogens is 981 g/mol. The third-order valence-corrected chi connectivity index (χ3v) is 13.8. The second kappa shape index (κ2) is 24.1. The number of ether oxygens (including phenoxy) is 2. The SMILES string of the molecule is CC(C)c1ccccc1-c1c(/C=C/C(=O)N2CCN(C(=O)OC(C)(C)C)C(CO)C2)ccc(Sc2ccc(/C=C/C(=O)N3CCN(C(=O)OC(C)(C)C)C(CO)C3)c(-c3ccccc3C(C)C)c2[N+](=O)[O-])c1[N+](=O)[O-]. The lowest BCUT2D eigenvalue weighted by molar-refractivity contribution is -0.387. The first-order valence-electron chi connectivity index (χ1n) is 25.0. The Morgan fingerprint density at radius 2 is 0.973 bits per heavy atom. The Hall–Kier alpha value is -7.09. The maximum Gasteiger partial charge on any atom is 0.410 e. The van der Waals surface area contributed by atoms with Crippen molar-refractivity contribution >= 4 is 59.3 Å². The van der Waals surface area contributed by atoms with E-state index in [1.54, 1.807) is 77.9 Å². The van der Waals surface area contributed by atoms with Crippen molar-refractivity contribution in [1.82, 2.24) is 19.6 Å². The molecule has 2 heterocycles. The molecule has 2 fully saturated rings. The number of carbonyl (C=O) groups is 4. The van der Waals surface area contributed by atoms with E-state index in [9.17, 15) is 49.6 Å². The molecule has 0 aliphatic carbocycles. The normalized spacial score (nSPS) is 16.6. The summed E-state index contributed by atoms with van der Waals surface area (Å²) in [5.74, 6) is -1.08. The lowest BCUT2D eigenvalue weighted by atomic mass is 9.89. The van der Waals surface area contributed by atoms with Crippen LogP contribution in [0.4, 0.5) is 21.0 Å². The van der Waals surface area contributed by atoms with Crippen LogP contribution in [0, 0.1) is 20.2 Å². The Morgan fingerprint density at radius 3 is 1.29 bits per heavy atom. The molecule has 0 bridgehead atoms. The van der Waals surface area contributed by atoms with Crippen LogP contribution < -0.4 is 0 Å². The Balaban J connectivity index is 1.42. The summed E-state index contributed by atoms with van der Waals surface area (Å²) in [5.41, 5.74) is 1.49. The summed E-state index contributed by atoms with van der Waals surface area (Å²) in [6, 6.07) is 19.3. The van der Waals surface area contributed by atoms with Gasteiger partial charge < -0.3 is 29.5 Å². The van der Waals surface area contributed by atoms with Gasteiger partial charge in [0.25, 0.3) is 11.4 Å². The predicted molar refractivity (Wildman–Crippen MR) is 288 cm³/mol. The summed E-state index contributed by atoms with van der Waals surface area (Å²) in [7, 11) is 0. The van der Waals surface area contributed by atoms with Crippen molar-refractivity contribution in [3.05, 3.63) is 127 Å². The van der Waals surface area contributed by atoms with E-state index in [0.29, 0.717) is 22.3 Å². The number of nitro benzene ring substituents is 2. The van der Waals surface area contributed by atoms with Crippen LogP contribution in [-0.2, 0) is 19.1 Å². The van der Waals surface area contributed by atoms with Gasteiger partial charge in [-0.05, 0) is 111 Å². The zero-order valence-corrected chi connectivity index (χ0v) is 45.1. The van der Waals surface area contributed by atoms with Crippen LogP contribution >= 0.6 is 11.8 Å². The van der Waals surface area contributed by atoms with Gasteiger partial charge in [0.15, 0.2) is 0 Å². The molecule has 2 aliphatic heterocycles.